The fourth-order valence-corrected chi connectivity index (χ4v) is 1.94. The van der Waals surface area contributed by atoms with Crippen LogP contribution in [0.15, 0.2) is 48.3 Å². The van der Waals surface area contributed by atoms with E-state index in [0.29, 0.717) is 0 Å². The van der Waals surface area contributed by atoms with E-state index in [-0.39, 0.29) is 24.4 Å². The van der Waals surface area contributed by atoms with Crippen LogP contribution in [0.2, 0.25) is 0 Å². The number of likely N-dealkylation sites (N-methyl/N-ethyl adjacent to an activating group) is 1. The zero-order valence-corrected chi connectivity index (χ0v) is 14.3. The van der Waals surface area contributed by atoms with Crippen LogP contribution in [0.25, 0.3) is 0 Å². The van der Waals surface area contributed by atoms with Gasteiger partial charge in [-0.2, -0.15) is 0 Å². The third-order valence-electron chi connectivity index (χ3n) is 3.05. The molecule has 3 nitrogen and oxygen atoms in total. The number of methoxy groups -OCH3 is 1. The van der Waals surface area contributed by atoms with Gasteiger partial charge in [0, 0.05) is 63.5 Å². The zero-order chi connectivity index (χ0) is 13.0. The molecule has 0 N–H and O–H groups in total. The number of nitrogens with zero attached hydrogens (tertiary/aromatic N) is 2. The summed E-state index contributed by atoms with van der Waals surface area (Å²) in [6.45, 7) is 1.88. The van der Waals surface area contributed by atoms with E-state index < -0.39 is 0 Å². The van der Waals surface area contributed by atoms with Crippen molar-refractivity contribution in [2.24, 2.45) is 0 Å². The van der Waals surface area contributed by atoms with Crippen molar-refractivity contribution in [3.05, 3.63) is 53.9 Å². The first kappa shape index (κ1) is 16.0. The Morgan fingerprint density at radius 3 is 2.37 bits per heavy atom. The second-order valence-corrected chi connectivity index (χ2v) is 4.62. The monoisotopic (exact) mass is 365 g/mol. The molecule has 0 amide bonds. The van der Waals surface area contributed by atoms with Crippen LogP contribution in [0.4, 0.5) is 0 Å². The molecule has 1 aliphatic rings. The molecule has 1 aliphatic heterocycles. The predicted molar refractivity (Wildman–Crippen MR) is 80.1 cm³/mol. The molecule has 0 unspecified atom stereocenters. The quantitative estimate of drug-likeness (QED) is 0.760. The summed E-state index contributed by atoms with van der Waals surface area (Å²) in [4.78, 5) is 4.41. The zero-order valence-electron chi connectivity index (χ0n) is 11.7. The molecule has 101 valence electrons. The molecule has 0 fully saturated rings. The van der Waals surface area contributed by atoms with Gasteiger partial charge >= 0.3 is 0 Å². The van der Waals surface area contributed by atoms with E-state index in [0.717, 1.165) is 18.8 Å². The van der Waals surface area contributed by atoms with Gasteiger partial charge in [0.05, 0.1) is 7.11 Å². The molecule has 0 bridgehead atoms. The van der Waals surface area contributed by atoms with Crippen molar-refractivity contribution < 1.29 is 4.74 Å². The number of hydrogen-bond donors (Lipinski definition) is 0. The van der Waals surface area contributed by atoms with Crippen LogP contribution >= 0.6 is 0 Å². The summed E-state index contributed by atoms with van der Waals surface area (Å²) in [5, 5.41) is 0. The number of allylic oxidation sites excluding steroid dienone is 1. The normalized spacial score (nSPS) is 13.6. The fraction of sp³-hybridized carbons (Fsp3) is 0.333. The topological polar surface area (TPSA) is 15.7 Å². The Hall–Kier alpha value is -1.08. The van der Waals surface area contributed by atoms with Gasteiger partial charge in [-0.1, -0.05) is 12.1 Å². The van der Waals surface area contributed by atoms with E-state index in [1.807, 2.05) is 12.1 Å². The van der Waals surface area contributed by atoms with Gasteiger partial charge in [-0.3, -0.25) is 0 Å². The van der Waals surface area contributed by atoms with E-state index >= 15 is 0 Å². The molecule has 1 heterocycles. The SMILES string of the molecule is COc1ccc(CN2C=CC(N(C)C)=CC2)cc1.[Sb]. The largest absolute Gasteiger partial charge is 0.497 e. The Labute approximate surface area is 133 Å². The van der Waals surface area contributed by atoms with Crippen molar-refractivity contribution in [1.82, 2.24) is 9.80 Å². The van der Waals surface area contributed by atoms with Crippen molar-refractivity contribution in [2.45, 2.75) is 6.54 Å². The number of hydrogen-bond acceptors (Lipinski definition) is 3. The number of rotatable bonds is 4. The van der Waals surface area contributed by atoms with Crippen molar-refractivity contribution in [2.75, 3.05) is 27.7 Å². The maximum absolute atomic E-state index is 5.16. The minimum absolute atomic E-state index is 0. The van der Waals surface area contributed by atoms with Gasteiger partial charge in [0.1, 0.15) is 5.75 Å². The molecular weight excluding hydrogens is 346 g/mol. The van der Waals surface area contributed by atoms with Gasteiger partial charge in [-0.25, -0.2) is 0 Å². The maximum Gasteiger partial charge on any atom is 0.118 e. The molecule has 0 saturated carbocycles. The molecule has 3 radical (unpaired) electrons. The Kier molecular flexibility index (Phi) is 6.30. The minimum Gasteiger partial charge on any atom is -0.497 e. The average Bonchev–Trinajstić information content (AvgIpc) is 2.40. The van der Waals surface area contributed by atoms with E-state index in [9.17, 15) is 0 Å². The van der Waals surface area contributed by atoms with Crippen LogP contribution in [0, 0.1) is 0 Å². The standard InChI is InChI=1S/C15H20N2O.Sb/c1-16(2)14-8-10-17(11-9-14)12-13-4-6-15(18-3)7-5-13;/h4-10H,11-12H2,1-3H3;. The Morgan fingerprint density at radius 2 is 1.89 bits per heavy atom. The maximum atomic E-state index is 5.16. The van der Waals surface area contributed by atoms with E-state index in [1.54, 1.807) is 7.11 Å². The molecule has 4 heteroatoms. The summed E-state index contributed by atoms with van der Waals surface area (Å²) in [7, 11) is 5.82. The second-order valence-electron chi connectivity index (χ2n) is 4.62. The molecule has 0 aliphatic carbocycles. The van der Waals surface area contributed by atoms with Gasteiger partial charge in [0.25, 0.3) is 0 Å². The van der Waals surface area contributed by atoms with Crippen molar-refractivity contribution in [1.29, 1.82) is 0 Å². The van der Waals surface area contributed by atoms with Crippen molar-refractivity contribution in [3.63, 3.8) is 0 Å². The van der Waals surface area contributed by atoms with Crippen LogP contribution < -0.4 is 4.74 Å². The van der Waals surface area contributed by atoms with Crippen LogP contribution in [-0.2, 0) is 6.54 Å². The first-order valence-corrected chi connectivity index (χ1v) is 6.11. The molecule has 0 atom stereocenters. The minimum atomic E-state index is 0. The second kappa shape index (κ2) is 7.49. The Morgan fingerprint density at radius 1 is 1.21 bits per heavy atom. The van der Waals surface area contributed by atoms with Gasteiger partial charge < -0.3 is 14.5 Å². The van der Waals surface area contributed by atoms with Crippen molar-refractivity contribution >= 4 is 24.4 Å². The summed E-state index contributed by atoms with van der Waals surface area (Å²) >= 11 is 0. The smallest absolute Gasteiger partial charge is 0.118 e. The Bertz CT molecular complexity index is 452. The number of benzene rings is 1. The van der Waals surface area contributed by atoms with E-state index in [1.165, 1.54) is 11.3 Å². The van der Waals surface area contributed by atoms with Crippen LogP contribution in [0.5, 0.6) is 5.75 Å². The molecule has 0 aromatic heterocycles. The summed E-state index contributed by atoms with van der Waals surface area (Å²) < 4.78 is 5.16. The van der Waals surface area contributed by atoms with Crippen LogP contribution in [-0.4, -0.2) is 62.0 Å². The Balaban J connectivity index is 0.00000180. The van der Waals surface area contributed by atoms with E-state index in [2.05, 4.69) is 54.4 Å². The molecular formula is C15H20N2OSb. The third kappa shape index (κ3) is 4.50. The summed E-state index contributed by atoms with van der Waals surface area (Å²) in [5.74, 6) is 0.905. The summed E-state index contributed by atoms with van der Waals surface area (Å²) in [6, 6.07) is 8.23. The summed E-state index contributed by atoms with van der Waals surface area (Å²) in [5.41, 5.74) is 2.56. The molecule has 1 aromatic carbocycles. The summed E-state index contributed by atoms with van der Waals surface area (Å²) in [6.07, 6.45) is 6.54. The first-order chi connectivity index (χ1) is 8.69. The first-order valence-electron chi connectivity index (χ1n) is 6.11. The molecule has 2 rings (SSSR count). The predicted octanol–water partition coefficient (Wildman–Crippen LogP) is 2.09. The molecule has 0 spiro atoms. The average molecular weight is 366 g/mol. The molecule has 1 aromatic rings. The van der Waals surface area contributed by atoms with Crippen LogP contribution in [0.3, 0.4) is 0 Å². The fourth-order valence-electron chi connectivity index (χ4n) is 1.94. The van der Waals surface area contributed by atoms with Gasteiger partial charge in [0.2, 0.25) is 0 Å². The third-order valence-corrected chi connectivity index (χ3v) is 3.05. The van der Waals surface area contributed by atoms with Gasteiger partial charge in [-0.05, 0) is 29.8 Å². The molecule has 19 heavy (non-hydrogen) atoms. The van der Waals surface area contributed by atoms with Crippen molar-refractivity contribution in [3.8, 4) is 5.75 Å². The van der Waals surface area contributed by atoms with Crippen LogP contribution in [0.1, 0.15) is 5.56 Å². The number of ether oxygens (including phenoxy) is 1. The molecule has 0 saturated heterocycles. The van der Waals surface area contributed by atoms with Gasteiger partial charge in [-0.15, -0.1) is 0 Å². The van der Waals surface area contributed by atoms with E-state index in [4.69, 9.17) is 4.74 Å². The van der Waals surface area contributed by atoms with Gasteiger partial charge in [0.15, 0.2) is 0 Å².